The molecule has 0 radical (unpaired) electrons. The predicted octanol–water partition coefficient (Wildman–Crippen LogP) is 1.39. The zero-order valence-corrected chi connectivity index (χ0v) is 11.6. The minimum Gasteiger partial charge on any atom is -0.594 e. The van der Waals surface area contributed by atoms with Crippen molar-refractivity contribution < 1.29 is 32.3 Å². The SMILES string of the molecule is Cc1cc(-c2cnc(C(=O)OC(=O)C(F)(F)F)s2)cn[n+]1[O-]. The van der Waals surface area contributed by atoms with Crippen LogP contribution in [0.25, 0.3) is 10.4 Å². The Bertz CT molecular complexity index is 744. The number of ether oxygens (including phenoxy) is 1. The van der Waals surface area contributed by atoms with Crippen LogP contribution in [0.15, 0.2) is 18.5 Å². The second kappa shape index (κ2) is 5.67. The normalized spacial score (nSPS) is 11.3. The van der Waals surface area contributed by atoms with E-state index >= 15 is 0 Å². The minimum absolute atomic E-state index is 0.280. The highest BCUT2D eigenvalue weighted by Crippen LogP contribution is 2.26. The second-order valence-electron chi connectivity index (χ2n) is 3.96. The van der Waals surface area contributed by atoms with E-state index in [1.807, 2.05) is 0 Å². The van der Waals surface area contributed by atoms with Crippen molar-refractivity contribution in [2.45, 2.75) is 13.1 Å². The van der Waals surface area contributed by atoms with Gasteiger partial charge in [0.05, 0.1) is 4.88 Å². The maximum absolute atomic E-state index is 12.0. The number of nitrogens with zero attached hydrogens (tertiary/aromatic N) is 3. The Balaban J connectivity index is 2.19. The van der Waals surface area contributed by atoms with Gasteiger partial charge in [-0.3, -0.25) is 0 Å². The molecule has 0 spiro atoms. The Hall–Kier alpha value is -2.56. The number of carbonyl (C=O) groups is 2. The van der Waals surface area contributed by atoms with Crippen molar-refractivity contribution in [2.24, 2.45) is 0 Å². The van der Waals surface area contributed by atoms with E-state index < -0.39 is 23.1 Å². The van der Waals surface area contributed by atoms with Crippen molar-refractivity contribution in [1.82, 2.24) is 10.1 Å². The quantitative estimate of drug-likeness (QED) is 0.357. The van der Waals surface area contributed by atoms with Crippen LogP contribution >= 0.6 is 11.3 Å². The summed E-state index contributed by atoms with van der Waals surface area (Å²) < 4.78 is 39.6. The molecule has 2 aromatic heterocycles. The Kier molecular flexibility index (Phi) is 4.08. The van der Waals surface area contributed by atoms with Crippen LogP contribution in [0.5, 0.6) is 0 Å². The van der Waals surface area contributed by atoms with E-state index in [9.17, 15) is 28.0 Å². The second-order valence-corrected chi connectivity index (χ2v) is 4.99. The van der Waals surface area contributed by atoms with Crippen molar-refractivity contribution in [3.8, 4) is 10.4 Å². The highest BCUT2D eigenvalue weighted by Gasteiger charge is 2.43. The number of hydrogen-bond donors (Lipinski definition) is 0. The third-order valence-corrected chi connectivity index (χ3v) is 3.38. The third kappa shape index (κ3) is 3.36. The van der Waals surface area contributed by atoms with Gasteiger partial charge in [0, 0.05) is 29.8 Å². The molecule has 116 valence electrons. The summed E-state index contributed by atoms with van der Waals surface area (Å²) in [6.07, 6.45) is -2.85. The van der Waals surface area contributed by atoms with E-state index in [1.54, 1.807) is 0 Å². The largest absolute Gasteiger partial charge is 0.594 e. The fourth-order valence-electron chi connectivity index (χ4n) is 1.35. The van der Waals surface area contributed by atoms with Crippen molar-refractivity contribution in [3.05, 3.63) is 34.4 Å². The van der Waals surface area contributed by atoms with Crippen LogP contribution in [0, 0.1) is 12.1 Å². The van der Waals surface area contributed by atoms with E-state index in [0.29, 0.717) is 26.6 Å². The number of thiazole rings is 1. The van der Waals surface area contributed by atoms with Crippen molar-refractivity contribution in [1.29, 1.82) is 0 Å². The number of halogens is 3. The summed E-state index contributed by atoms with van der Waals surface area (Å²) in [6, 6.07) is 1.46. The summed E-state index contributed by atoms with van der Waals surface area (Å²) in [5.41, 5.74) is 0.727. The Morgan fingerprint density at radius 2 is 2.05 bits per heavy atom. The maximum Gasteiger partial charge on any atom is 0.491 e. The lowest BCUT2D eigenvalue weighted by Crippen LogP contribution is -2.33. The molecule has 0 N–H and O–H groups in total. The first kappa shape index (κ1) is 15.8. The first-order valence-electron chi connectivity index (χ1n) is 5.54. The van der Waals surface area contributed by atoms with Crippen molar-refractivity contribution in [2.75, 3.05) is 0 Å². The molecule has 0 aromatic carbocycles. The molecule has 0 amide bonds. The Morgan fingerprint density at radius 1 is 1.36 bits per heavy atom. The number of aromatic nitrogens is 3. The number of esters is 2. The molecule has 0 aliphatic carbocycles. The van der Waals surface area contributed by atoms with Crippen LogP contribution in [-0.2, 0) is 9.53 Å². The van der Waals surface area contributed by atoms with Crippen molar-refractivity contribution in [3.63, 3.8) is 0 Å². The van der Waals surface area contributed by atoms with E-state index in [2.05, 4.69) is 14.8 Å². The first-order valence-corrected chi connectivity index (χ1v) is 6.36. The van der Waals surface area contributed by atoms with Crippen molar-refractivity contribution >= 4 is 23.3 Å². The molecule has 11 heteroatoms. The number of hydrogen-bond acceptors (Lipinski definition) is 7. The summed E-state index contributed by atoms with van der Waals surface area (Å²) in [5.74, 6) is -4.11. The summed E-state index contributed by atoms with van der Waals surface area (Å²) >= 11 is 0.705. The molecule has 7 nitrogen and oxygen atoms in total. The van der Waals surface area contributed by atoms with Gasteiger partial charge in [0.1, 0.15) is 6.20 Å². The van der Waals surface area contributed by atoms with Gasteiger partial charge < -0.3 is 9.94 Å². The summed E-state index contributed by atoms with van der Waals surface area (Å²) in [5, 5.41) is 14.2. The van der Waals surface area contributed by atoms with Crippen LogP contribution in [0.2, 0.25) is 0 Å². The molecule has 0 unspecified atom stereocenters. The molecule has 2 heterocycles. The van der Waals surface area contributed by atoms with Crippen LogP contribution in [0.3, 0.4) is 0 Å². The monoisotopic (exact) mass is 333 g/mol. The molecular formula is C11H6F3N3O4S. The Morgan fingerprint density at radius 3 is 2.64 bits per heavy atom. The predicted molar refractivity (Wildman–Crippen MR) is 65.5 cm³/mol. The van der Waals surface area contributed by atoms with Gasteiger partial charge in [0.2, 0.25) is 10.7 Å². The van der Waals surface area contributed by atoms with Gasteiger partial charge in [-0.1, -0.05) is 4.85 Å². The van der Waals surface area contributed by atoms with E-state index in [-0.39, 0.29) is 5.69 Å². The summed E-state index contributed by atoms with van der Waals surface area (Å²) in [4.78, 5) is 26.3. The molecule has 0 bridgehead atoms. The van der Waals surface area contributed by atoms with Gasteiger partial charge >= 0.3 is 18.1 Å². The average Bonchev–Trinajstić information content (AvgIpc) is 2.90. The van der Waals surface area contributed by atoms with E-state index in [0.717, 1.165) is 0 Å². The lowest BCUT2D eigenvalue weighted by Gasteiger charge is -2.03. The van der Waals surface area contributed by atoms with Crippen LogP contribution in [0.1, 0.15) is 15.5 Å². The average molecular weight is 333 g/mol. The minimum atomic E-state index is -5.27. The molecule has 2 rings (SSSR count). The fourth-order valence-corrected chi connectivity index (χ4v) is 2.12. The van der Waals surface area contributed by atoms with Gasteiger partial charge in [-0.2, -0.15) is 13.2 Å². The van der Waals surface area contributed by atoms with Gasteiger partial charge in [0.25, 0.3) is 0 Å². The van der Waals surface area contributed by atoms with Crippen LogP contribution in [0.4, 0.5) is 13.2 Å². The molecule has 0 aliphatic heterocycles. The molecule has 0 fully saturated rings. The maximum atomic E-state index is 12.0. The van der Waals surface area contributed by atoms with Gasteiger partial charge in [-0.05, 0) is 0 Å². The lowest BCUT2D eigenvalue weighted by atomic mass is 10.2. The lowest BCUT2D eigenvalue weighted by molar-refractivity contribution is -0.675. The van der Waals surface area contributed by atoms with Crippen LogP contribution < -0.4 is 4.85 Å². The molecule has 0 saturated heterocycles. The standard InChI is InChI=1S/C11H6F3N3O4S/c1-5-2-6(3-16-17(5)20)7-4-15-8(22-7)9(18)21-10(19)11(12,13)14/h2-4H,1H3. The van der Waals surface area contributed by atoms with Crippen LogP contribution in [-0.4, -0.2) is 28.2 Å². The van der Waals surface area contributed by atoms with Gasteiger partial charge in [0.15, 0.2) is 0 Å². The highest BCUT2D eigenvalue weighted by atomic mass is 32.1. The topological polar surface area (TPSA) is 96.1 Å². The number of carbonyl (C=O) groups excluding carboxylic acids is 2. The van der Waals surface area contributed by atoms with E-state index in [4.69, 9.17) is 0 Å². The van der Waals surface area contributed by atoms with Gasteiger partial charge in [-0.15, -0.1) is 11.3 Å². The fraction of sp³-hybridized carbons (Fsp3) is 0.182. The zero-order chi connectivity index (χ0) is 16.5. The first-order chi connectivity index (χ1) is 10.2. The number of alkyl halides is 3. The highest BCUT2D eigenvalue weighted by molar-refractivity contribution is 7.16. The molecule has 22 heavy (non-hydrogen) atoms. The number of aryl methyl sites for hydroxylation is 1. The molecular weight excluding hydrogens is 327 g/mol. The molecule has 2 aromatic rings. The van der Waals surface area contributed by atoms with E-state index in [1.165, 1.54) is 25.4 Å². The van der Waals surface area contributed by atoms with Gasteiger partial charge in [-0.25, -0.2) is 14.6 Å². The molecule has 0 atom stereocenters. The zero-order valence-electron chi connectivity index (χ0n) is 10.7. The molecule has 0 aliphatic rings. The summed E-state index contributed by atoms with van der Waals surface area (Å²) in [7, 11) is 0. The Labute approximate surface area is 124 Å². The number of rotatable bonds is 2. The summed E-state index contributed by atoms with van der Waals surface area (Å²) in [6.45, 7) is 1.50. The third-order valence-electron chi connectivity index (χ3n) is 2.35. The molecule has 0 saturated carbocycles. The smallest absolute Gasteiger partial charge is 0.491 e.